The van der Waals surface area contributed by atoms with E-state index in [2.05, 4.69) is 15.0 Å². The summed E-state index contributed by atoms with van der Waals surface area (Å²) < 4.78 is 6.08. The van der Waals surface area contributed by atoms with Gasteiger partial charge in [0.05, 0.1) is 25.6 Å². The van der Waals surface area contributed by atoms with Crippen LogP contribution in [-0.2, 0) is 7.05 Å². The van der Waals surface area contributed by atoms with Crippen LogP contribution in [0, 0.1) is 0 Å². The Balaban J connectivity index is 2.60. The molecule has 0 amide bonds. The van der Waals surface area contributed by atoms with Crippen molar-refractivity contribution in [3.05, 3.63) is 22.2 Å². The van der Waals surface area contributed by atoms with E-state index in [0.29, 0.717) is 0 Å². The summed E-state index contributed by atoms with van der Waals surface area (Å²) in [6, 6.07) is 0.0838. The Morgan fingerprint density at radius 3 is 2.70 bits per heavy atom. The van der Waals surface area contributed by atoms with Gasteiger partial charge in [-0.3, -0.25) is 9.36 Å². The second-order valence-corrected chi connectivity index (χ2v) is 4.12. The van der Waals surface area contributed by atoms with Crippen LogP contribution in [0.2, 0.25) is 0 Å². The van der Waals surface area contributed by atoms with Crippen LogP contribution in [0.15, 0.2) is 11.0 Å². The fourth-order valence-corrected chi connectivity index (χ4v) is 1.66. The van der Waals surface area contributed by atoms with Gasteiger partial charge < -0.3 is 20.1 Å². The molecule has 9 nitrogen and oxygen atoms in total. The first-order chi connectivity index (χ1) is 9.49. The first-order valence-electron chi connectivity index (χ1n) is 5.74. The molecule has 2 heterocycles. The minimum absolute atomic E-state index is 0.0249. The molecule has 2 rings (SSSR count). The van der Waals surface area contributed by atoms with E-state index in [0.717, 1.165) is 4.57 Å². The molecule has 0 bridgehead atoms. The van der Waals surface area contributed by atoms with Gasteiger partial charge in [-0.05, 0) is 0 Å². The van der Waals surface area contributed by atoms with Gasteiger partial charge in [-0.2, -0.15) is 4.98 Å². The molecule has 0 saturated heterocycles. The van der Waals surface area contributed by atoms with Crippen LogP contribution < -0.4 is 10.3 Å². The Labute approximate surface area is 113 Å². The van der Waals surface area contributed by atoms with Crippen molar-refractivity contribution in [2.24, 2.45) is 7.05 Å². The van der Waals surface area contributed by atoms with Gasteiger partial charge in [-0.1, -0.05) is 0 Å². The highest BCUT2D eigenvalue weighted by molar-refractivity contribution is 5.68. The molecule has 0 spiro atoms. The van der Waals surface area contributed by atoms with Gasteiger partial charge in [0.1, 0.15) is 12.2 Å². The van der Waals surface area contributed by atoms with Gasteiger partial charge in [-0.25, -0.2) is 9.97 Å². The van der Waals surface area contributed by atoms with E-state index in [4.69, 9.17) is 9.84 Å². The predicted molar refractivity (Wildman–Crippen MR) is 67.2 cm³/mol. The molecule has 0 fully saturated rings. The van der Waals surface area contributed by atoms with Gasteiger partial charge in [-0.15, -0.1) is 0 Å². The molecule has 2 aromatic heterocycles. The highest BCUT2D eigenvalue weighted by Crippen LogP contribution is 2.16. The lowest BCUT2D eigenvalue weighted by Crippen LogP contribution is -2.25. The average Bonchev–Trinajstić information content (AvgIpc) is 2.48. The van der Waals surface area contributed by atoms with Gasteiger partial charge >= 0.3 is 6.01 Å². The predicted octanol–water partition coefficient (Wildman–Crippen LogP) is -1.88. The molecular formula is C11H14N4O5. The molecule has 0 aliphatic heterocycles. The lowest BCUT2D eigenvalue weighted by Gasteiger charge is -2.14. The van der Waals surface area contributed by atoms with Crippen molar-refractivity contribution < 1.29 is 20.1 Å². The topological polar surface area (TPSA) is 131 Å². The number of rotatable bonds is 4. The fourth-order valence-electron chi connectivity index (χ4n) is 1.66. The highest BCUT2D eigenvalue weighted by atomic mass is 16.5. The Morgan fingerprint density at radius 1 is 1.40 bits per heavy atom. The minimum Gasteiger partial charge on any atom is -0.468 e. The van der Waals surface area contributed by atoms with E-state index in [-0.39, 0.29) is 22.9 Å². The summed E-state index contributed by atoms with van der Waals surface area (Å²) in [5.41, 5.74) is -0.510. The van der Waals surface area contributed by atoms with Crippen LogP contribution in [-0.4, -0.2) is 54.7 Å². The average molecular weight is 282 g/mol. The smallest absolute Gasteiger partial charge is 0.300 e. The second kappa shape index (κ2) is 5.49. The molecule has 2 atom stereocenters. The van der Waals surface area contributed by atoms with Crippen LogP contribution in [0.1, 0.15) is 11.8 Å². The van der Waals surface area contributed by atoms with Crippen LogP contribution in [0.25, 0.3) is 11.2 Å². The van der Waals surface area contributed by atoms with Crippen LogP contribution >= 0.6 is 0 Å². The van der Waals surface area contributed by atoms with Crippen molar-refractivity contribution in [3.8, 4) is 6.01 Å². The van der Waals surface area contributed by atoms with Gasteiger partial charge in [0.2, 0.25) is 0 Å². The van der Waals surface area contributed by atoms with Crippen LogP contribution in [0.3, 0.4) is 0 Å². The quantitative estimate of drug-likeness (QED) is 0.594. The van der Waals surface area contributed by atoms with E-state index in [9.17, 15) is 15.0 Å². The van der Waals surface area contributed by atoms with Crippen molar-refractivity contribution in [2.75, 3.05) is 13.7 Å². The normalized spacial score (nSPS) is 14.2. The number of hydrogen-bond donors (Lipinski definition) is 3. The summed E-state index contributed by atoms with van der Waals surface area (Å²) in [5.74, 6) is 0. The summed E-state index contributed by atoms with van der Waals surface area (Å²) in [7, 11) is 2.83. The highest BCUT2D eigenvalue weighted by Gasteiger charge is 2.21. The zero-order chi connectivity index (χ0) is 14.9. The Kier molecular flexibility index (Phi) is 3.93. The van der Waals surface area contributed by atoms with Gasteiger partial charge in [0.15, 0.2) is 11.2 Å². The molecule has 0 unspecified atom stereocenters. The molecule has 0 aliphatic carbocycles. The Bertz CT molecular complexity index is 686. The van der Waals surface area contributed by atoms with Crippen LogP contribution in [0.4, 0.5) is 0 Å². The molecule has 0 radical (unpaired) electrons. The molecule has 2 aromatic rings. The zero-order valence-electron chi connectivity index (χ0n) is 10.9. The van der Waals surface area contributed by atoms with Crippen LogP contribution in [0.5, 0.6) is 6.01 Å². The van der Waals surface area contributed by atoms with Crippen molar-refractivity contribution in [3.63, 3.8) is 0 Å². The molecule has 0 saturated carbocycles. The monoisotopic (exact) mass is 282 g/mol. The van der Waals surface area contributed by atoms with E-state index >= 15 is 0 Å². The molecule has 0 aliphatic rings. The number of methoxy groups -OCH3 is 1. The lowest BCUT2D eigenvalue weighted by atomic mass is 10.1. The minimum atomic E-state index is -1.44. The van der Waals surface area contributed by atoms with Crippen molar-refractivity contribution >= 4 is 11.2 Å². The number of aliphatic hydroxyl groups is 3. The Morgan fingerprint density at radius 2 is 2.10 bits per heavy atom. The van der Waals surface area contributed by atoms with Gasteiger partial charge in [0.25, 0.3) is 5.56 Å². The molecule has 3 N–H and O–H groups in total. The van der Waals surface area contributed by atoms with E-state index in [1.807, 2.05) is 0 Å². The maximum atomic E-state index is 12.1. The number of fused-ring (bicyclic) bond motifs is 1. The molecule has 9 heteroatoms. The molecular weight excluding hydrogens is 268 g/mol. The number of nitrogens with zero attached hydrogens (tertiary/aromatic N) is 4. The first kappa shape index (κ1) is 14.3. The summed E-state index contributed by atoms with van der Waals surface area (Å²) in [6.45, 7) is -0.639. The standard InChI is InChI=1S/C11H14N4O5/c1-15-10(19)7-9(14-11(15)20-2)12-3-5(13-7)8(18)6(17)4-16/h3,6,8,16-18H,4H2,1-2H3/t6-,8-/m1/s1. The van der Waals surface area contributed by atoms with Gasteiger partial charge in [0, 0.05) is 7.05 Å². The SMILES string of the molecule is COc1nc2ncc([C@@H](O)[C@H](O)CO)nc2c(=O)n1C. The third-order valence-electron chi connectivity index (χ3n) is 2.80. The van der Waals surface area contributed by atoms with E-state index in [1.165, 1.54) is 20.4 Å². The number of hydrogen-bond acceptors (Lipinski definition) is 8. The third kappa shape index (κ3) is 2.33. The van der Waals surface area contributed by atoms with E-state index in [1.54, 1.807) is 0 Å². The molecule has 108 valence electrons. The fraction of sp³-hybridized carbons (Fsp3) is 0.455. The lowest BCUT2D eigenvalue weighted by molar-refractivity contribution is -0.0173. The Hall–Kier alpha value is -2.10. The summed E-state index contributed by atoms with van der Waals surface area (Å²) in [5, 5.41) is 27.9. The van der Waals surface area contributed by atoms with Crippen molar-refractivity contribution in [1.29, 1.82) is 0 Å². The summed E-state index contributed by atoms with van der Waals surface area (Å²) in [6.07, 6.45) is -1.67. The summed E-state index contributed by atoms with van der Waals surface area (Å²) in [4.78, 5) is 23.9. The molecule has 0 aromatic carbocycles. The zero-order valence-corrected chi connectivity index (χ0v) is 10.9. The first-order valence-corrected chi connectivity index (χ1v) is 5.74. The number of ether oxygens (including phenoxy) is 1. The largest absolute Gasteiger partial charge is 0.468 e. The maximum absolute atomic E-state index is 12.1. The third-order valence-corrected chi connectivity index (χ3v) is 2.80. The van der Waals surface area contributed by atoms with Crippen molar-refractivity contribution in [2.45, 2.75) is 12.2 Å². The summed E-state index contributed by atoms with van der Waals surface area (Å²) >= 11 is 0. The van der Waals surface area contributed by atoms with Crippen molar-refractivity contribution in [1.82, 2.24) is 19.5 Å². The second-order valence-electron chi connectivity index (χ2n) is 4.12. The maximum Gasteiger partial charge on any atom is 0.300 e. The number of aliphatic hydroxyl groups excluding tert-OH is 3. The van der Waals surface area contributed by atoms with E-state index < -0.39 is 24.4 Å². The molecule has 20 heavy (non-hydrogen) atoms. The number of aromatic nitrogens is 4.